The molecule has 2 heterocycles. The summed E-state index contributed by atoms with van der Waals surface area (Å²) < 4.78 is 21.2. The van der Waals surface area contributed by atoms with Gasteiger partial charge < -0.3 is 29.4 Å². The van der Waals surface area contributed by atoms with Gasteiger partial charge in [0.15, 0.2) is 23.0 Å². The minimum atomic E-state index is -0.747. The molecule has 1 aromatic heterocycles. The number of ether oxygens (including phenoxy) is 3. The van der Waals surface area contributed by atoms with Crippen LogP contribution in [0.15, 0.2) is 53.1 Å². The third-order valence-electron chi connectivity index (χ3n) is 5.24. The minimum Gasteiger partial charge on any atom is -0.497 e. The molecule has 9 nitrogen and oxygen atoms in total. The maximum atomic E-state index is 12.8. The average Bonchev–Trinajstić information content (AvgIpc) is 3.50. The summed E-state index contributed by atoms with van der Waals surface area (Å²) in [7, 11) is 1.57. The molecular weight excluding hydrogens is 426 g/mol. The van der Waals surface area contributed by atoms with Crippen LogP contribution in [0, 0.1) is 5.92 Å². The Kier molecular flexibility index (Phi) is 6.48. The second kappa shape index (κ2) is 9.64. The van der Waals surface area contributed by atoms with Crippen molar-refractivity contribution in [1.29, 1.82) is 0 Å². The molecular formula is C24H25N3O6. The number of methoxy groups -OCH3 is 1. The fraction of sp³-hybridized carbons (Fsp3) is 0.292. The quantitative estimate of drug-likeness (QED) is 0.541. The Morgan fingerprint density at radius 1 is 1.09 bits per heavy atom. The molecule has 0 unspecified atom stereocenters. The number of carbonyl (C=O) groups is 2. The predicted molar refractivity (Wildman–Crippen MR) is 119 cm³/mol. The van der Waals surface area contributed by atoms with Crippen molar-refractivity contribution in [3.8, 4) is 28.6 Å². The van der Waals surface area contributed by atoms with Gasteiger partial charge in [0.05, 0.1) is 7.11 Å². The van der Waals surface area contributed by atoms with Crippen LogP contribution in [0.3, 0.4) is 0 Å². The lowest BCUT2D eigenvalue weighted by Crippen LogP contribution is -2.49. The number of hydrogen-bond donors (Lipinski definition) is 2. The van der Waals surface area contributed by atoms with Gasteiger partial charge in [-0.05, 0) is 35.7 Å². The first-order valence-corrected chi connectivity index (χ1v) is 10.5. The number of rotatable bonds is 8. The summed E-state index contributed by atoms with van der Waals surface area (Å²) in [5, 5.41) is 9.48. The molecule has 0 saturated carbocycles. The molecule has 0 aliphatic carbocycles. The molecule has 172 valence electrons. The molecule has 33 heavy (non-hydrogen) atoms. The van der Waals surface area contributed by atoms with Gasteiger partial charge in [-0.25, -0.2) is 0 Å². The minimum absolute atomic E-state index is 0.0852. The summed E-state index contributed by atoms with van der Waals surface area (Å²) >= 11 is 0. The van der Waals surface area contributed by atoms with Gasteiger partial charge in [0.25, 0.3) is 5.91 Å². The number of aromatic nitrogens is 1. The van der Waals surface area contributed by atoms with Crippen molar-refractivity contribution in [1.82, 2.24) is 15.8 Å². The molecule has 2 aromatic carbocycles. The van der Waals surface area contributed by atoms with E-state index in [1.54, 1.807) is 19.2 Å². The van der Waals surface area contributed by atoms with Gasteiger partial charge in [-0.1, -0.05) is 37.2 Å². The summed E-state index contributed by atoms with van der Waals surface area (Å²) in [5.74, 6) is 1.47. The van der Waals surface area contributed by atoms with Crippen LogP contribution < -0.4 is 24.8 Å². The normalized spacial score (nSPS) is 13.0. The predicted octanol–water partition coefficient (Wildman–Crippen LogP) is 3.15. The maximum Gasteiger partial charge on any atom is 0.274 e. The Labute approximate surface area is 191 Å². The molecule has 0 spiro atoms. The lowest BCUT2D eigenvalue weighted by atomic mass is 10.0. The monoisotopic (exact) mass is 451 g/mol. The number of fused-ring (bicyclic) bond motifs is 1. The summed E-state index contributed by atoms with van der Waals surface area (Å²) in [5.41, 5.74) is 1.67. The third kappa shape index (κ3) is 5.08. The number of amides is 2. The van der Waals surface area contributed by atoms with Crippen LogP contribution in [0.5, 0.6) is 17.2 Å². The van der Waals surface area contributed by atoms with E-state index in [-0.39, 0.29) is 24.3 Å². The fourth-order valence-corrected chi connectivity index (χ4v) is 3.39. The molecule has 2 N–H and O–H groups in total. The number of benzene rings is 2. The highest BCUT2D eigenvalue weighted by Gasteiger charge is 2.26. The summed E-state index contributed by atoms with van der Waals surface area (Å²) in [6.45, 7) is 4.19. The second-order valence-electron chi connectivity index (χ2n) is 7.91. The summed E-state index contributed by atoms with van der Waals surface area (Å²) in [4.78, 5) is 25.6. The highest BCUT2D eigenvalue weighted by atomic mass is 16.7. The molecule has 1 aliphatic heterocycles. The Morgan fingerprint density at radius 2 is 1.91 bits per heavy atom. The highest BCUT2D eigenvalue weighted by Crippen LogP contribution is 2.32. The Hall–Kier alpha value is -4.01. The molecule has 4 rings (SSSR count). The average molecular weight is 451 g/mol. The van der Waals surface area contributed by atoms with Crippen LogP contribution in [-0.4, -0.2) is 36.9 Å². The van der Waals surface area contributed by atoms with Crippen molar-refractivity contribution in [2.45, 2.75) is 26.4 Å². The van der Waals surface area contributed by atoms with Gasteiger partial charge in [-0.3, -0.25) is 9.59 Å². The molecule has 9 heteroatoms. The van der Waals surface area contributed by atoms with Crippen molar-refractivity contribution in [2.24, 2.45) is 5.92 Å². The Bertz CT molecular complexity index is 1160. The van der Waals surface area contributed by atoms with Crippen molar-refractivity contribution in [2.75, 3.05) is 13.9 Å². The molecule has 1 atom stereocenters. The standard InChI is InChI=1S/C24H25N3O6/c1-14(2)22(24(29)25-12-15-7-8-19-21(9-15)32-13-31-19)26-23(28)18-11-20(33-27-18)16-5-4-6-17(10-16)30-3/h4-11,14,22H,12-13H2,1-3H3,(H,25,29)(H,26,28)/t22-/m0/s1. The zero-order chi connectivity index (χ0) is 23.4. The van der Waals surface area contributed by atoms with Gasteiger partial charge in [-0.2, -0.15) is 0 Å². The lowest BCUT2D eigenvalue weighted by molar-refractivity contribution is -0.124. The van der Waals surface area contributed by atoms with Crippen molar-refractivity contribution < 1.29 is 28.3 Å². The largest absolute Gasteiger partial charge is 0.497 e. The first kappa shape index (κ1) is 22.2. The zero-order valence-electron chi connectivity index (χ0n) is 18.6. The smallest absolute Gasteiger partial charge is 0.274 e. The Balaban J connectivity index is 1.39. The molecule has 2 amide bonds. The van der Waals surface area contributed by atoms with Gasteiger partial charge >= 0.3 is 0 Å². The molecule has 0 saturated heterocycles. The molecule has 0 fully saturated rings. The van der Waals surface area contributed by atoms with E-state index >= 15 is 0 Å². The first-order chi connectivity index (χ1) is 15.9. The van der Waals surface area contributed by atoms with E-state index in [1.807, 2.05) is 44.2 Å². The van der Waals surface area contributed by atoms with Crippen LogP contribution in [-0.2, 0) is 11.3 Å². The van der Waals surface area contributed by atoms with E-state index < -0.39 is 11.9 Å². The molecule has 0 bridgehead atoms. The van der Waals surface area contributed by atoms with E-state index in [2.05, 4.69) is 15.8 Å². The van der Waals surface area contributed by atoms with Crippen LogP contribution >= 0.6 is 0 Å². The lowest BCUT2D eigenvalue weighted by Gasteiger charge is -2.21. The van der Waals surface area contributed by atoms with E-state index in [1.165, 1.54) is 6.07 Å². The second-order valence-corrected chi connectivity index (χ2v) is 7.91. The van der Waals surface area contributed by atoms with Crippen molar-refractivity contribution >= 4 is 11.8 Å². The Morgan fingerprint density at radius 3 is 2.70 bits per heavy atom. The van der Waals surface area contributed by atoms with E-state index in [9.17, 15) is 9.59 Å². The van der Waals surface area contributed by atoms with Crippen LogP contribution in [0.1, 0.15) is 29.9 Å². The van der Waals surface area contributed by atoms with E-state index in [0.717, 1.165) is 11.1 Å². The van der Waals surface area contributed by atoms with E-state index in [4.69, 9.17) is 18.7 Å². The van der Waals surface area contributed by atoms with Crippen LogP contribution in [0.2, 0.25) is 0 Å². The molecule has 1 aliphatic rings. The van der Waals surface area contributed by atoms with Crippen LogP contribution in [0.25, 0.3) is 11.3 Å². The zero-order valence-corrected chi connectivity index (χ0v) is 18.6. The van der Waals surface area contributed by atoms with Crippen molar-refractivity contribution in [3.05, 3.63) is 59.8 Å². The van der Waals surface area contributed by atoms with Crippen LogP contribution in [0.4, 0.5) is 0 Å². The van der Waals surface area contributed by atoms with Crippen molar-refractivity contribution in [3.63, 3.8) is 0 Å². The SMILES string of the molecule is COc1cccc(-c2cc(C(=O)N[C@H](C(=O)NCc3ccc4c(c3)OCO4)C(C)C)no2)c1. The van der Waals surface area contributed by atoms with Gasteiger partial charge in [0, 0.05) is 18.2 Å². The fourth-order valence-electron chi connectivity index (χ4n) is 3.39. The van der Waals surface area contributed by atoms with Gasteiger partial charge in [-0.15, -0.1) is 0 Å². The van der Waals surface area contributed by atoms with Gasteiger partial charge in [0.1, 0.15) is 11.8 Å². The topological polar surface area (TPSA) is 112 Å². The van der Waals surface area contributed by atoms with E-state index in [0.29, 0.717) is 29.6 Å². The third-order valence-corrected chi connectivity index (χ3v) is 5.24. The number of nitrogens with zero attached hydrogens (tertiary/aromatic N) is 1. The van der Waals surface area contributed by atoms with Gasteiger partial charge in [0.2, 0.25) is 12.7 Å². The number of nitrogens with one attached hydrogen (secondary N) is 2. The summed E-state index contributed by atoms with van der Waals surface area (Å²) in [6.07, 6.45) is 0. The number of hydrogen-bond acceptors (Lipinski definition) is 7. The maximum absolute atomic E-state index is 12.8. The summed E-state index contributed by atoms with van der Waals surface area (Å²) in [6, 6.07) is 13.5. The number of carbonyl (C=O) groups excluding carboxylic acids is 2. The molecule has 3 aromatic rings. The first-order valence-electron chi connectivity index (χ1n) is 10.5. The molecule has 0 radical (unpaired) electrons. The highest BCUT2D eigenvalue weighted by molar-refractivity contribution is 5.96.